The number of fused-ring (bicyclic) bond motifs is 1. The fourth-order valence-corrected chi connectivity index (χ4v) is 10.8. The Balaban J connectivity index is 1.60. The van der Waals surface area contributed by atoms with E-state index in [0.717, 1.165) is 12.1 Å². The van der Waals surface area contributed by atoms with Crippen molar-refractivity contribution in [1.82, 2.24) is 15.5 Å². The number of carbonyl (C=O) groups is 1. The van der Waals surface area contributed by atoms with Crippen LogP contribution in [0, 0.1) is 23.7 Å². The summed E-state index contributed by atoms with van der Waals surface area (Å²) < 4.78 is 46.4. The number of esters is 1. The fraction of sp³-hybridized carbons (Fsp3) is 0.840. The summed E-state index contributed by atoms with van der Waals surface area (Å²) in [5.41, 5.74) is -5.23. The van der Waals surface area contributed by atoms with Crippen molar-refractivity contribution in [2.24, 2.45) is 28.7 Å². The molecule has 4 heterocycles. The lowest BCUT2D eigenvalue weighted by atomic mass is 9.75. The maximum absolute atomic E-state index is 14.6. The molecule has 4 fully saturated rings. The minimum absolute atomic E-state index is 0.0974. The largest absolute Gasteiger partial charge is 0.459 e. The van der Waals surface area contributed by atoms with Crippen LogP contribution in [-0.2, 0) is 38.0 Å². The minimum atomic E-state index is -1.82. The smallest absolute Gasteiger partial charge is 0.311 e. The number of benzene rings is 1. The molecule has 4 aliphatic rings. The summed E-state index contributed by atoms with van der Waals surface area (Å²) in [6.45, 7) is 26.3. The number of aliphatic imine (C=N–C) groups is 1. The van der Waals surface area contributed by atoms with Gasteiger partial charge in [0.05, 0.1) is 47.7 Å². The number of cyclic esters (lactones) is 1. The lowest BCUT2D eigenvalue weighted by molar-refractivity contribution is -0.335. The van der Waals surface area contributed by atoms with E-state index in [9.17, 15) is 25.2 Å². The third kappa shape index (κ3) is 12.1. The van der Waals surface area contributed by atoms with E-state index in [1.54, 1.807) is 41.7 Å². The van der Waals surface area contributed by atoms with Gasteiger partial charge in [0.2, 0.25) is 0 Å². The third-order valence-corrected chi connectivity index (χ3v) is 14.8. The number of aliphatic hydroxyl groups excluding tert-OH is 1. The first-order valence-corrected chi connectivity index (χ1v) is 24.7. The highest BCUT2D eigenvalue weighted by atomic mass is 16.7. The summed E-state index contributed by atoms with van der Waals surface area (Å²) in [6, 6.07) is 9.38. The first-order valence-electron chi connectivity index (χ1n) is 24.7. The molecule has 0 bridgehead atoms. The van der Waals surface area contributed by atoms with Crippen LogP contribution in [0.25, 0.3) is 0 Å². The SMILES string of the molecule is CCCNC[C@]1(O)[C@H](C)O[C@@H](O[C@H]2[C@H](C)[C@@H](O[C@@H]3O[C@H](C)C[C@H]4[C@H]3O/C(=N\c3ccccc3)N4CC(C)C)[C@](C)(O)C[C@@H](C)CN[C@H](C)[C@@H](O)[C@](C)(O)[C@@H](CC)OC(=O)[C@@H]2C)C[C@@]1(C)OC. The monoisotopic (exact) mass is 935 g/mol. The number of nitrogens with one attached hydrogen (secondary N) is 2. The Morgan fingerprint density at radius 2 is 1.65 bits per heavy atom. The predicted octanol–water partition coefficient (Wildman–Crippen LogP) is 5.05. The Morgan fingerprint density at radius 1 is 0.970 bits per heavy atom. The van der Waals surface area contributed by atoms with Crippen molar-refractivity contribution >= 4 is 17.7 Å². The summed E-state index contributed by atoms with van der Waals surface area (Å²) in [6.07, 6.45) is -6.02. The van der Waals surface area contributed by atoms with Gasteiger partial charge in [0.25, 0.3) is 6.02 Å². The topological polar surface area (TPSA) is 202 Å². The molecule has 18 atom stereocenters. The molecule has 4 saturated heterocycles. The molecule has 4 aliphatic heterocycles. The normalized spacial score (nSPS) is 43.8. The van der Waals surface area contributed by atoms with Gasteiger partial charge in [-0.3, -0.25) is 4.79 Å². The lowest BCUT2D eigenvalue weighted by Gasteiger charge is -2.53. The summed E-state index contributed by atoms with van der Waals surface area (Å²) in [7, 11) is 1.55. The van der Waals surface area contributed by atoms with E-state index >= 15 is 0 Å². The molecule has 0 aromatic heterocycles. The van der Waals surface area contributed by atoms with Gasteiger partial charge >= 0.3 is 5.97 Å². The third-order valence-electron chi connectivity index (χ3n) is 14.8. The summed E-state index contributed by atoms with van der Waals surface area (Å²) in [5, 5.41) is 55.2. The summed E-state index contributed by atoms with van der Waals surface area (Å²) in [5.74, 6) is -2.36. The molecule has 1 aromatic rings. The van der Waals surface area contributed by atoms with Crippen LogP contribution < -0.4 is 10.6 Å². The summed E-state index contributed by atoms with van der Waals surface area (Å²) >= 11 is 0. The molecule has 16 nitrogen and oxygen atoms in total. The van der Waals surface area contributed by atoms with Crippen molar-refractivity contribution in [3.63, 3.8) is 0 Å². The number of nitrogens with zero attached hydrogens (tertiary/aromatic N) is 2. The zero-order chi connectivity index (χ0) is 48.9. The van der Waals surface area contributed by atoms with Crippen LogP contribution in [-0.4, -0.2) is 160 Å². The molecule has 0 unspecified atom stereocenters. The number of hydrogen-bond acceptors (Lipinski definition) is 15. The van der Waals surface area contributed by atoms with E-state index < -0.39 is 95.5 Å². The number of methoxy groups -OCH3 is 1. The molecule has 16 heteroatoms. The first-order chi connectivity index (χ1) is 30.9. The van der Waals surface area contributed by atoms with Gasteiger partial charge in [0.1, 0.15) is 29.0 Å². The molecule has 0 aliphatic carbocycles. The highest BCUT2D eigenvalue weighted by Crippen LogP contribution is 2.44. The van der Waals surface area contributed by atoms with Gasteiger partial charge < -0.3 is 69.1 Å². The zero-order valence-electron chi connectivity index (χ0n) is 42.4. The highest BCUT2D eigenvalue weighted by Gasteiger charge is 2.59. The Kier molecular flexibility index (Phi) is 18.6. The number of amidine groups is 1. The van der Waals surface area contributed by atoms with E-state index in [4.69, 9.17) is 38.2 Å². The van der Waals surface area contributed by atoms with Gasteiger partial charge in [-0.2, -0.15) is 4.99 Å². The molecule has 1 aromatic carbocycles. The number of hydrogen-bond donors (Lipinski definition) is 6. The van der Waals surface area contributed by atoms with Gasteiger partial charge in [0, 0.05) is 38.6 Å². The van der Waals surface area contributed by atoms with Crippen LogP contribution in [0.2, 0.25) is 0 Å². The highest BCUT2D eigenvalue weighted by molar-refractivity contribution is 5.79. The Bertz CT molecular complexity index is 1720. The molecule has 5 rings (SSSR count). The molecule has 6 N–H and O–H groups in total. The molecule has 66 heavy (non-hydrogen) atoms. The Hall–Kier alpha value is -2.48. The molecular formula is C50H86N4O12. The van der Waals surface area contributed by atoms with Crippen LogP contribution in [0.3, 0.4) is 0 Å². The Morgan fingerprint density at radius 3 is 2.27 bits per heavy atom. The van der Waals surface area contributed by atoms with Crippen LogP contribution in [0.4, 0.5) is 5.69 Å². The quantitative estimate of drug-likeness (QED) is 0.113. The standard InChI is InChI=1S/C50H86N4O12/c1-15-22-51-28-50(59)35(10)62-39(25-48(50,12)60-14)64-40-32(7)43(47(11,57)24-30(5)26-52-34(9)42(55)49(13,58)38(16-2)63-44(56)33(40)8)66-45-41-37(23-31(6)61-45)54(27-29(3)4)46(65-41)53-36-20-18-17-19-21-36/h17-21,29-35,37-43,45,51-52,55,57-59H,15-16,22-28H2,1-14H3/b53-46-/t30-,31-,32+,33-,34-,35+,37+,38-,39+,40+,41-,42-,43-,45+,47-,48-,49-,50+/m1/s1. The maximum atomic E-state index is 14.6. The van der Waals surface area contributed by atoms with Gasteiger partial charge in [-0.25, -0.2) is 0 Å². The van der Waals surface area contributed by atoms with Crippen molar-refractivity contribution in [3.8, 4) is 0 Å². The Labute approximate surface area is 394 Å². The predicted molar refractivity (Wildman–Crippen MR) is 252 cm³/mol. The van der Waals surface area contributed by atoms with E-state index in [1.165, 1.54) is 6.92 Å². The van der Waals surface area contributed by atoms with Crippen LogP contribution in [0.15, 0.2) is 35.3 Å². The summed E-state index contributed by atoms with van der Waals surface area (Å²) in [4.78, 5) is 21.8. The van der Waals surface area contributed by atoms with Crippen molar-refractivity contribution in [2.45, 2.75) is 212 Å². The lowest BCUT2D eigenvalue weighted by Crippen LogP contribution is -2.70. The number of rotatable bonds is 13. The second kappa shape index (κ2) is 22.5. The maximum Gasteiger partial charge on any atom is 0.311 e. The van der Waals surface area contributed by atoms with Crippen LogP contribution in [0.5, 0.6) is 0 Å². The van der Waals surface area contributed by atoms with E-state index in [-0.39, 0.29) is 49.8 Å². The van der Waals surface area contributed by atoms with Crippen LogP contribution in [0.1, 0.15) is 122 Å². The first kappa shape index (κ1) is 54.5. The van der Waals surface area contributed by atoms with Gasteiger partial charge in [-0.15, -0.1) is 0 Å². The van der Waals surface area contributed by atoms with Crippen molar-refractivity contribution in [1.29, 1.82) is 0 Å². The number of para-hydroxylation sites is 1. The van der Waals surface area contributed by atoms with Crippen molar-refractivity contribution < 1.29 is 58.4 Å². The molecule has 0 saturated carbocycles. The molecule has 0 radical (unpaired) electrons. The number of aliphatic hydroxyl groups is 4. The zero-order valence-corrected chi connectivity index (χ0v) is 42.4. The molecule has 0 spiro atoms. The van der Waals surface area contributed by atoms with Crippen molar-refractivity contribution in [3.05, 3.63) is 30.3 Å². The molecular weight excluding hydrogens is 849 g/mol. The van der Waals surface area contributed by atoms with Gasteiger partial charge in [-0.1, -0.05) is 59.7 Å². The number of ether oxygens (including phenoxy) is 7. The van der Waals surface area contributed by atoms with E-state index in [0.29, 0.717) is 32.1 Å². The van der Waals surface area contributed by atoms with Gasteiger partial charge in [0.15, 0.2) is 18.7 Å². The average Bonchev–Trinajstić information content (AvgIpc) is 3.58. The van der Waals surface area contributed by atoms with Crippen LogP contribution >= 0.6 is 0 Å². The average molecular weight is 935 g/mol. The fourth-order valence-electron chi connectivity index (χ4n) is 10.8. The van der Waals surface area contributed by atoms with E-state index in [2.05, 4.69) is 36.3 Å². The van der Waals surface area contributed by atoms with Gasteiger partial charge in [-0.05, 0) is 111 Å². The van der Waals surface area contributed by atoms with E-state index in [1.807, 2.05) is 58.0 Å². The van der Waals surface area contributed by atoms with Crippen molar-refractivity contribution in [2.75, 3.05) is 33.3 Å². The number of carbonyl (C=O) groups excluding carboxylic acids is 1. The second-order valence-electron chi connectivity index (χ2n) is 21.1. The molecule has 378 valence electrons. The minimum Gasteiger partial charge on any atom is -0.459 e. The second-order valence-corrected chi connectivity index (χ2v) is 21.1. The molecule has 0 amide bonds.